The Kier molecular flexibility index (Phi) is 5.53. The van der Waals surface area contributed by atoms with Crippen molar-refractivity contribution in [3.8, 4) is 0 Å². The van der Waals surface area contributed by atoms with Gasteiger partial charge >= 0.3 is 0 Å². The Balaban J connectivity index is 1.42. The van der Waals surface area contributed by atoms with Crippen LogP contribution in [0.5, 0.6) is 0 Å². The molecule has 0 radical (unpaired) electrons. The molecule has 4 rings (SSSR count). The van der Waals surface area contributed by atoms with E-state index in [1.165, 1.54) is 19.3 Å². The van der Waals surface area contributed by atoms with E-state index in [0.717, 1.165) is 35.6 Å². The lowest BCUT2D eigenvalue weighted by molar-refractivity contribution is 0.0954. The number of rotatable bonds is 5. The van der Waals surface area contributed by atoms with Gasteiger partial charge in [-0.1, -0.05) is 23.7 Å². The van der Waals surface area contributed by atoms with Crippen LogP contribution in [0.3, 0.4) is 0 Å². The summed E-state index contributed by atoms with van der Waals surface area (Å²) in [5.41, 5.74) is 3.68. The van der Waals surface area contributed by atoms with Gasteiger partial charge in [0.1, 0.15) is 5.82 Å². The van der Waals surface area contributed by atoms with Gasteiger partial charge in [0.15, 0.2) is 0 Å². The molecule has 0 aliphatic carbocycles. The van der Waals surface area contributed by atoms with Crippen molar-refractivity contribution in [2.24, 2.45) is 7.05 Å². The van der Waals surface area contributed by atoms with Crippen LogP contribution in [0, 0.1) is 0 Å². The van der Waals surface area contributed by atoms with Gasteiger partial charge < -0.3 is 14.8 Å². The minimum absolute atomic E-state index is 0.136. The van der Waals surface area contributed by atoms with Crippen molar-refractivity contribution in [3.05, 3.63) is 58.9 Å². The quantitative estimate of drug-likeness (QED) is 0.703. The summed E-state index contributed by atoms with van der Waals surface area (Å²) in [6, 6.07) is 13.8. The Hall–Kier alpha value is -2.53. The van der Waals surface area contributed by atoms with E-state index in [2.05, 4.69) is 25.8 Å². The molecule has 0 unspecified atom stereocenters. The number of aryl methyl sites for hydroxylation is 1. The first-order valence-corrected chi connectivity index (χ1v) is 10.2. The summed E-state index contributed by atoms with van der Waals surface area (Å²) in [6.07, 6.45) is 4.34. The lowest BCUT2D eigenvalue weighted by Crippen LogP contribution is -2.30. The molecule has 6 heteroatoms. The second-order valence-corrected chi connectivity index (χ2v) is 7.70. The fraction of sp³-hybridized carbons (Fsp3) is 0.364. The number of anilines is 1. The second kappa shape index (κ2) is 8.23. The van der Waals surface area contributed by atoms with Crippen LogP contribution in [-0.2, 0) is 13.5 Å². The number of piperidine rings is 1. The molecule has 0 saturated carbocycles. The molecule has 146 valence electrons. The number of halogens is 1. The normalized spacial score (nSPS) is 14.4. The second-order valence-electron chi connectivity index (χ2n) is 7.29. The number of hydrogen-bond donors (Lipinski definition) is 1. The molecule has 1 amide bonds. The SMILES string of the molecule is Cn1c(CCNC(=O)c2cc(N3CCCCC3)ccc2Cl)nc2ccccc21. The molecule has 2 aromatic carbocycles. The van der Waals surface area contributed by atoms with E-state index < -0.39 is 0 Å². The van der Waals surface area contributed by atoms with Crippen molar-refractivity contribution >= 4 is 34.2 Å². The molecule has 1 aromatic heterocycles. The number of carbonyl (C=O) groups is 1. The molecule has 1 aliphatic rings. The highest BCUT2D eigenvalue weighted by molar-refractivity contribution is 6.34. The highest BCUT2D eigenvalue weighted by Crippen LogP contribution is 2.25. The zero-order valence-electron chi connectivity index (χ0n) is 16.1. The number of carbonyl (C=O) groups excluding carboxylic acids is 1. The van der Waals surface area contributed by atoms with Gasteiger partial charge in [-0.15, -0.1) is 0 Å². The maximum Gasteiger partial charge on any atom is 0.252 e. The van der Waals surface area contributed by atoms with Crippen molar-refractivity contribution in [3.63, 3.8) is 0 Å². The van der Waals surface area contributed by atoms with E-state index in [4.69, 9.17) is 11.6 Å². The third-order valence-electron chi connectivity index (χ3n) is 5.43. The van der Waals surface area contributed by atoms with Gasteiger partial charge in [-0.2, -0.15) is 0 Å². The van der Waals surface area contributed by atoms with Gasteiger partial charge in [0.2, 0.25) is 0 Å². The molecular weight excluding hydrogens is 372 g/mol. The molecule has 28 heavy (non-hydrogen) atoms. The lowest BCUT2D eigenvalue weighted by Gasteiger charge is -2.29. The molecule has 3 aromatic rings. The zero-order chi connectivity index (χ0) is 19.5. The van der Waals surface area contributed by atoms with Crippen LogP contribution in [-0.4, -0.2) is 35.1 Å². The van der Waals surface area contributed by atoms with Gasteiger partial charge in [0.25, 0.3) is 5.91 Å². The third kappa shape index (κ3) is 3.85. The van der Waals surface area contributed by atoms with E-state index in [1.807, 2.05) is 43.4 Å². The number of amides is 1. The standard InChI is InChI=1S/C22H25ClN4O/c1-26-20-8-4-3-7-19(20)25-21(26)11-12-24-22(28)17-15-16(9-10-18(17)23)27-13-5-2-6-14-27/h3-4,7-10,15H,2,5-6,11-14H2,1H3,(H,24,28). The smallest absolute Gasteiger partial charge is 0.252 e. The molecule has 0 bridgehead atoms. The summed E-state index contributed by atoms with van der Waals surface area (Å²) >= 11 is 6.31. The number of para-hydroxylation sites is 2. The minimum atomic E-state index is -0.136. The van der Waals surface area contributed by atoms with Crippen LogP contribution in [0.1, 0.15) is 35.4 Å². The topological polar surface area (TPSA) is 50.2 Å². The monoisotopic (exact) mass is 396 g/mol. The Morgan fingerprint density at radius 3 is 2.71 bits per heavy atom. The third-order valence-corrected chi connectivity index (χ3v) is 5.76. The summed E-state index contributed by atoms with van der Waals surface area (Å²) in [6.45, 7) is 2.59. The van der Waals surface area contributed by atoms with Gasteiger partial charge in [-0.3, -0.25) is 4.79 Å². The number of imidazole rings is 1. The predicted molar refractivity (Wildman–Crippen MR) is 114 cm³/mol. The number of nitrogens with zero attached hydrogens (tertiary/aromatic N) is 3. The lowest BCUT2D eigenvalue weighted by atomic mass is 10.1. The summed E-state index contributed by atoms with van der Waals surface area (Å²) in [5, 5.41) is 3.48. The minimum Gasteiger partial charge on any atom is -0.372 e. The van der Waals surface area contributed by atoms with Crippen molar-refractivity contribution in [2.75, 3.05) is 24.5 Å². The van der Waals surface area contributed by atoms with Crippen LogP contribution in [0.15, 0.2) is 42.5 Å². The molecular formula is C22H25ClN4O. The first kappa shape index (κ1) is 18.8. The Morgan fingerprint density at radius 1 is 1.14 bits per heavy atom. The summed E-state index contributed by atoms with van der Waals surface area (Å²) < 4.78 is 2.07. The van der Waals surface area contributed by atoms with E-state index in [1.54, 1.807) is 0 Å². The van der Waals surface area contributed by atoms with E-state index in [0.29, 0.717) is 23.6 Å². The fourth-order valence-electron chi connectivity index (χ4n) is 3.84. The average Bonchev–Trinajstić information content (AvgIpc) is 3.05. The van der Waals surface area contributed by atoms with Crippen molar-refractivity contribution in [1.29, 1.82) is 0 Å². The van der Waals surface area contributed by atoms with Crippen LogP contribution >= 0.6 is 11.6 Å². The summed E-state index contributed by atoms with van der Waals surface area (Å²) in [5.74, 6) is 0.817. The summed E-state index contributed by atoms with van der Waals surface area (Å²) in [7, 11) is 2.01. The van der Waals surface area contributed by atoms with Crippen molar-refractivity contribution in [1.82, 2.24) is 14.9 Å². The van der Waals surface area contributed by atoms with Gasteiger partial charge in [0.05, 0.1) is 21.6 Å². The molecule has 2 heterocycles. The molecule has 1 aliphatic heterocycles. The van der Waals surface area contributed by atoms with E-state index >= 15 is 0 Å². The van der Waals surface area contributed by atoms with Gasteiger partial charge in [-0.05, 0) is 49.6 Å². The number of nitrogens with one attached hydrogen (secondary N) is 1. The molecule has 1 N–H and O–H groups in total. The van der Waals surface area contributed by atoms with Crippen molar-refractivity contribution < 1.29 is 4.79 Å². The van der Waals surface area contributed by atoms with Crippen LogP contribution in [0.4, 0.5) is 5.69 Å². The number of benzene rings is 2. The maximum absolute atomic E-state index is 12.7. The Morgan fingerprint density at radius 2 is 1.93 bits per heavy atom. The number of fused-ring (bicyclic) bond motifs is 1. The highest BCUT2D eigenvalue weighted by atomic mass is 35.5. The molecule has 1 fully saturated rings. The Labute approximate surface area is 170 Å². The van der Waals surface area contributed by atoms with Gasteiger partial charge in [0, 0.05) is 38.8 Å². The summed E-state index contributed by atoms with van der Waals surface area (Å²) in [4.78, 5) is 19.7. The first-order valence-electron chi connectivity index (χ1n) is 9.86. The van der Waals surface area contributed by atoms with Crippen LogP contribution < -0.4 is 10.2 Å². The fourth-order valence-corrected chi connectivity index (χ4v) is 4.04. The van der Waals surface area contributed by atoms with Crippen LogP contribution in [0.2, 0.25) is 5.02 Å². The van der Waals surface area contributed by atoms with Gasteiger partial charge in [-0.25, -0.2) is 4.98 Å². The molecule has 5 nitrogen and oxygen atoms in total. The molecule has 0 atom stereocenters. The maximum atomic E-state index is 12.7. The zero-order valence-corrected chi connectivity index (χ0v) is 16.9. The van der Waals surface area contributed by atoms with E-state index in [-0.39, 0.29) is 5.91 Å². The van der Waals surface area contributed by atoms with Crippen LogP contribution in [0.25, 0.3) is 11.0 Å². The van der Waals surface area contributed by atoms with Crippen molar-refractivity contribution in [2.45, 2.75) is 25.7 Å². The molecule has 1 saturated heterocycles. The molecule has 0 spiro atoms. The Bertz CT molecular complexity index is 991. The predicted octanol–water partition coefficient (Wildman–Crippen LogP) is 4.19. The number of hydrogen-bond acceptors (Lipinski definition) is 3. The first-order chi connectivity index (χ1) is 13.6. The number of aromatic nitrogens is 2. The highest BCUT2D eigenvalue weighted by Gasteiger charge is 2.16. The van der Waals surface area contributed by atoms with E-state index in [9.17, 15) is 4.79 Å². The average molecular weight is 397 g/mol. The largest absolute Gasteiger partial charge is 0.372 e.